The Bertz CT molecular complexity index is 1710. The van der Waals surface area contributed by atoms with E-state index in [-0.39, 0.29) is 21.8 Å². The van der Waals surface area contributed by atoms with Gasteiger partial charge in [-0.25, -0.2) is 4.39 Å². The first-order valence-electron chi connectivity index (χ1n) is 13.6. The molecule has 5 aromatic carbocycles. The highest BCUT2D eigenvalue weighted by molar-refractivity contribution is 6.30. The van der Waals surface area contributed by atoms with Gasteiger partial charge < -0.3 is 10.1 Å². The van der Waals surface area contributed by atoms with Crippen LogP contribution < -0.4 is 15.8 Å². The molecule has 0 aliphatic heterocycles. The monoisotopic (exact) mass is 577 g/mol. The van der Waals surface area contributed by atoms with Crippen LogP contribution in [0.25, 0.3) is 22.3 Å². The molecular weight excluding hydrogens is 547 g/mol. The first kappa shape index (κ1) is 28.9. The number of hydrogen-bond donors (Lipinski definition) is 1. The lowest BCUT2D eigenvalue weighted by Crippen LogP contribution is -2.12. The summed E-state index contributed by atoms with van der Waals surface area (Å²) in [6, 6.07) is 33.8. The third-order valence-electron chi connectivity index (χ3n) is 7.08. The third kappa shape index (κ3) is 6.64. The normalized spacial score (nSPS) is 11.3. The summed E-state index contributed by atoms with van der Waals surface area (Å²) in [7, 11) is 0. The molecule has 0 saturated heterocycles. The van der Waals surface area contributed by atoms with E-state index >= 15 is 0 Å². The van der Waals surface area contributed by atoms with Crippen molar-refractivity contribution in [1.82, 2.24) is 5.73 Å². The molecule has 0 atom stereocenters. The number of ether oxygens (including phenoxy) is 1. The van der Waals surface area contributed by atoms with E-state index in [2.05, 4.69) is 50.4 Å². The Morgan fingerprint density at radius 2 is 1.45 bits per heavy atom. The molecule has 5 rings (SSSR count). The van der Waals surface area contributed by atoms with E-state index in [9.17, 15) is 9.18 Å². The quantitative estimate of drug-likeness (QED) is 0.199. The molecule has 0 unspecified atom stereocenters. The van der Waals surface area contributed by atoms with Gasteiger partial charge in [-0.15, -0.1) is 0 Å². The SMILES string of the molecule is CC(C)(C)c1ccc(CNc2c(C([NH])=O)cc(Oc3ccc(Cl)c(F)c3)cc2-c2ccc(-c3ccccc3)cc2)cc1. The smallest absolute Gasteiger partial charge is 0.271 e. The lowest BCUT2D eigenvalue weighted by Gasteiger charge is -2.20. The fourth-order valence-electron chi connectivity index (χ4n) is 4.73. The van der Waals surface area contributed by atoms with Gasteiger partial charge in [0.15, 0.2) is 0 Å². The number of benzene rings is 5. The minimum absolute atomic E-state index is 0.0151. The molecule has 0 saturated carbocycles. The molecule has 42 heavy (non-hydrogen) atoms. The summed E-state index contributed by atoms with van der Waals surface area (Å²) in [6.45, 7) is 6.96. The first-order valence-corrected chi connectivity index (χ1v) is 14.0. The highest BCUT2D eigenvalue weighted by Crippen LogP contribution is 2.38. The molecule has 0 aromatic heterocycles. The molecule has 0 heterocycles. The molecule has 0 fully saturated rings. The van der Waals surface area contributed by atoms with E-state index in [0.29, 0.717) is 23.5 Å². The van der Waals surface area contributed by atoms with Crippen molar-refractivity contribution in [3.8, 4) is 33.8 Å². The van der Waals surface area contributed by atoms with Crippen LogP contribution in [0, 0.1) is 5.82 Å². The van der Waals surface area contributed by atoms with Crippen molar-refractivity contribution in [1.29, 1.82) is 0 Å². The second kappa shape index (κ2) is 12.1. The average molecular weight is 578 g/mol. The highest BCUT2D eigenvalue weighted by atomic mass is 35.5. The topological polar surface area (TPSA) is 62.1 Å². The number of nitrogens with one attached hydrogen (secondary N) is 2. The highest BCUT2D eigenvalue weighted by Gasteiger charge is 2.19. The molecule has 0 aliphatic carbocycles. The summed E-state index contributed by atoms with van der Waals surface area (Å²) >= 11 is 5.84. The van der Waals surface area contributed by atoms with Gasteiger partial charge in [-0.3, -0.25) is 10.5 Å². The van der Waals surface area contributed by atoms with Crippen LogP contribution in [0.5, 0.6) is 11.5 Å². The van der Waals surface area contributed by atoms with Crippen molar-refractivity contribution in [3.05, 3.63) is 137 Å². The van der Waals surface area contributed by atoms with Gasteiger partial charge in [0.25, 0.3) is 5.91 Å². The minimum atomic E-state index is -0.865. The fourth-order valence-corrected chi connectivity index (χ4v) is 4.85. The van der Waals surface area contributed by atoms with Gasteiger partial charge in [0.05, 0.1) is 16.3 Å². The largest absolute Gasteiger partial charge is 0.457 e. The third-order valence-corrected chi connectivity index (χ3v) is 7.38. The van der Waals surface area contributed by atoms with Crippen molar-refractivity contribution in [3.63, 3.8) is 0 Å². The molecule has 0 bridgehead atoms. The summed E-state index contributed by atoms with van der Waals surface area (Å²) in [6.07, 6.45) is 0. The molecule has 0 spiro atoms. The first-order chi connectivity index (χ1) is 20.1. The van der Waals surface area contributed by atoms with Gasteiger partial charge in [-0.2, -0.15) is 0 Å². The van der Waals surface area contributed by atoms with Crippen molar-refractivity contribution in [2.24, 2.45) is 0 Å². The number of hydrogen-bond acceptors (Lipinski definition) is 3. The van der Waals surface area contributed by atoms with Crippen molar-refractivity contribution in [2.45, 2.75) is 32.7 Å². The standard InChI is InChI=1S/C36H31ClFN2O2/c1-36(2,3)27-15-9-23(10-16-27)22-40-34-30(26-13-11-25(12-14-26)24-7-5-4-6-8-24)19-29(20-31(34)35(39)41)42-28-17-18-32(37)33(38)21-28/h4-21,39-40H,22H2,1-3H3. The zero-order valence-corrected chi connectivity index (χ0v) is 24.4. The lowest BCUT2D eigenvalue weighted by molar-refractivity contribution is 0.0992. The van der Waals surface area contributed by atoms with Gasteiger partial charge in [0, 0.05) is 18.2 Å². The van der Waals surface area contributed by atoms with Crippen LogP contribution in [-0.4, -0.2) is 5.91 Å². The Morgan fingerprint density at radius 1 is 0.810 bits per heavy atom. The Hall–Kier alpha value is -4.61. The maximum absolute atomic E-state index is 14.1. The molecule has 4 nitrogen and oxygen atoms in total. The van der Waals surface area contributed by atoms with E-state index in [1.165, 1.54) is 23.8 Å². The van der Waals surface area contributed by atoms with Crippen LogP contribution in [0.4, 0.5) is 10.1 Å². The summed E-state index contributed by atoms with van der Waals surface area (Å²) in [5.41, 5.74) is 14.7. The second-order valence-corrected chi connectivity index (χ2v) is 11.6. The van der Waals surface area contributed by atoms with Crippen LogP contribution in [-0.2, 0) is 12.0 Å². The van der Waals surface area contributed by atoms with E-state index in [4.69, 9.17) is 22.1 Å². The zero-order valence-electron chi connectivity index (χ0n) is 23.7. The van der Waals surface area contributed by atoms with Crippen molar-refractivity contribution < 1.29 is 13.9 Å². The van der Waals surface area contributed by atoms with Crippen LogP contribution in [0.15, 0.2) is 109 Å². The number of rotatable bonds is 8. The van der Waals surface area contributed by atoms with E-state index < -0.39 is 11.7 Å². The molecule has 5 aromatic rings. The Labute approximate surface area is 250 Å². The lowest BCUT2D eigenvalue weighted by atomic mass is 9.87. The summed E-state index contributed by atoms with van der Waals surface area (Å²) in [4.78, 5) is 12.7. The van der Waals surface area contributed by atoms with Crippen LogP contribution >= 0.6 is 11.6 Å². The Kier molecular flexibility index (Phi) is 8.32. The minimum Gasteiger partial charge on any atom is -0.457 e. The maximum atomic E-state index is 14.1. The van der Waals surface area contributed by atoms with Crippen LogP contribution in [0.3, 0.4) is 0 Å². The molecule has 1 amide bonds. The van der Waals surface area contributed by atoms with Crippen LogP contribution in [0.2, 0.25) is 5.02 Å². The molecular formula is C36H31ClFN2O2. The summed E-state index contributed by atoms with van der Waals surface area (Å²) < 4.78 is 20.1. The van der Waals surface area contributed by atoms with Gasteiger partial charge in [0.1, 0.15) is 17.3 Å². The van der Waals surface area contributed by atoms with Gasteiger partial charge in [-0.05, 0) is 57.5 Å². The molecule has 1 radical (unpaired) electrons. The predicted octanol–water partition coefficient (Wildman–Crippen LogP) is 9.94. The van der Waals surface area contributed by atoms with E-state index in [0.717, 1.165) is 22.3 Å². The van der Waals surface area contributed by atoms with Crippen LogP contribution in [0.1, 0.15) is 42.3 Å². The molecule has 6 heteroatoms. The Morgan fingerprint density at radius 3 is 2.07 bits per heavy atom. The van der Waals surface area contributed by atoms with Crippen molar-refractivity contribution >= 4 is 23.2 Å². The number of carbonyl (C=O) groups is 1. The average Bonchev–Trinajstić information content (AvgIpc) is 2.98. The number of carbonyl (C=O) groups excluding carboxylic acids is 1. The Balaban J connectivity index is 1.55. The maximum Gasteiger partial charge on any atom is 0.271 e. The summed E-state index contributed by atoms with van der Waals surface area (Å²) in [5.74, 6) is -0.950. The predicted molar refractivity (Wildman–Crippen MR) is 169 cm³/mol. The van der Waals surface area contributed by atoms with E-state index in [1.54, 1.807) is 12.1 Å². The van der Waals surface area contributed by atoms with Crippen molar-refractivity contribution in [2.75, 3.05) is 5.32 Å². The molecule has 2 N–H and O–H groups in total. The van der Waals surface area contributed by atoms with Gasteiger partial charge in [0.2, 0.25) is 0 Å². The fraction of sp³-hybridized carbons (Fsp3) is 0.139. The molecule has 211 valence electrons. The molecule has 0 aliphatic rings. The van der Waals surface area contributed by atoms with Gasteiger partial charge >= 0.3 is 0 Å². The number of amides is 1. The number of anilines is 1. The van der Waals surface area contributed by atoms with E-state index in [1.807, 2.05) is 54.6 Å². The second-order valence-electron chi connectivity index (χ2n) is 11.1. The number of halogens is 2. The summed E-state index contributed by atoms with van der Waals surface area (Å²) in [5, 5.41) is 3.40. The zero-order chi connectivity index (χ0) is 29.9. The van der Waals surface area contributed by atoms with Gasteiger partial charge in [-0.1, -0.05) is 111 Å².